The molecule has 7 nitrogen and oxygen atoms in total. The molecular weight excluding hydrogens is 416 g/mol. The predicted molar refractivity (Wildman–Crippen MR) is 116 cm³/mol. The molecule has 0 amide bonds. The van der Waals surface area contributed by atoms with Gasteiger partial charge >= 0.3 is 0 Å². The highest BCUT2D eigenvalue weighted by atomic mass is 35.5. The lowest BCUT2D eigenvalue weighted by Crippen LogP contribution is -2.24. The Morgan fingerprint density at radius 1 is 0.897 bits per heavy atom. The van der Waals surface area contributed by atoms with E-state index in [4.69, 9.17) is 19.9 Å². The number of nitrogens with two attached hydrogens (primary N) is 1. The molecule has 3 aromatic rings. The Bertz CT molecular complexity index is 1090. The summed E-state index contributed by atoms with van der Waals surface area (Å²) < 4.78 is 44.6. The highest BCUT2D eigenvalue weighted by Gasteiger charge is 2.20. The first-order valence-electron chi connectivity index (χ1n) is 8.47. The maximum Gasteiger partial charge on any atom is 0.241 e. The number of hydrogen-bond donors (Lipinski definition) is 2. The Balaban J connectivity index is 0.00000300. The van der Waals surface area contributed by atoms with Gasteiger partial charge in [-0.2, -0.15) is 0 Å². The predicted octanol–water partition coefficient (Wildman–Crippen LogP) is 3.35. The van der Waals surface area contributed by atoms with E-state index < -0.39 is 10.0 Å². The number of methoxy groups -OCH3 is 3. The summed E-state index contributed by atoms with van der Waals surface area (Å²) >= 11 is 0. The van der Waals surface area contributed by atoms with Crippen molar-refractivity contribution >= 4 is 38.9 Å². The van der Waals surface area contributed by atoms with Gasteiger partial charge in [0.1, 0.15) is 17.2 Å². The van der Waals surface area contributed by atoms with E-state index in [1.54, 1.807) is 48.5 Å². The number of halogens is 1. The lowest BCUT2D eigenvalue weighted by Gasteiger charge is -2.16. The Labute approximate surface area is 176 Å². The van der Waals surface area contributed by atoms with Crippen LogP contribution in [0.5, 0.6) is 17.2 Å². The van der Waals surface area contributed by atoms with E-state index in [9.17, 15) is 8.42 Å². The molecule has 0 aromatic heterocycles. The van der Waals surface area contributed by atoms with E-state index in [0.29, 0.717) is 39.3 Å². The number of nitrogen functional groups attached to an aromatic ring is 1. The van der Waals surface area contributed by atoms with Crippen LogP contribution < -0.4 is 24.7 Å². The van der Waals surface area contributed by atoms with Gasteiger partial charge in [-0.05, 0) is 12.1 Å². The van der Waals surface area contributed by atoms with Crippen LogP contribution in [0.3, 0.4) is 0 Å². The molecule has 29 heavy (non-hydrogen) atoms. The fraction of sp³-hybridized carbons (Fsp3) is 0.200. The number of hydrogen-bond acceptors (Lipinski definition) is 6. The smallest absolute Gasteiger partial charge is 0.241 e. The van der Waals surface area contributed by atoms with Crippen LogP contribution in [-0.4, -0.2) is 29.7 Å². The van der Waals surface area contributed by atoms with Crippen molar-refractivity contribution in [3.63, 3.8) is 0 Å². The van der Waals surface area contributed by atoms with Gasteiger partial charge in [0.2, 0.25) is 10.0 Å². The lowest BCUT2D eigenvalue weighted by molar-refractivity contribution is 0.368. The first kappa shape index (κ1) is 22.6. The van der Waals surface area contributed by atoms with Gasteiger partial charge in [-0.25, -0.2) is 13.1 Å². The number of benzene rings is 3. The highest BCUT2D eigenvalue weighted by molar-refractivity contribution is 7.89. The SMILES string of the molecule is COc1cc(OC)c(CNS(=O)(=O)c2cccc3c(N)cccc23)c(OC)c1.Cl. The van der Waals surface area contributed by atoms with Crippen LogP contribution in [0.1, 0.15) is 5.56 Å². The van der Waals surface area contributed by atoms with Crippen molar-refractivity contribution in [1.82, 2.24) is 4.72 Å². The van der Waals surface area contributed by atoms with Crippen molar-refractivity contribution in [2.45, 2.75) is 11.4 Å². The Kier molecular flexibility index (Phi) is 7.18. The summed E-state index contributed by atoms with van der Waals surface area (Å²) in [6, 6.07) is 13.5. The summed E-state index contributed by atoms with van der Waals surface area (Å²) in [7, 11) is 0.715. The van der Waals surface area contributed by atoms with Crippen molar-refractivity contribution in [3.8, 4) is 17.2 Å². The zero-order valence-corrected chi connectivity index (χ0v) is 17.9. The van der Waals surface area contributed by atoms with Gasteiger partial charge in [0.05, 0.1) is 31.8 Å². The standard InChI is InChI=1S/C20H22N2O5S.ClH/c1-25-13-10-18(26-2)16(19(11-13)27-3)12-22-28(23,24)20-9-5-6-14-15(20)7-4-8-17(14)21;/h4-11,22H,12,21H2,1-3H3;1H. The van der Waals surface area contributed by atoms with Gasteiger partial charge in [-0.15, -0.1) is 12.4 Å². The average Bonchev–Trinajstić information content (AvgIpc) is 2.71. The van der Waals surface area contributed by atoms with Gasteiger partial charge in [-0.1, -0.05) is 24.3 Å². The molecule has 0 saturated heterocycles. The molecule has 0 spiro atoms. The molecule has 3 aromatic carbocycles. The zero-order valence-electron chi connectivity index (χ0n) is 16.3. The molecule has 3 N–H and O–H groups in total. The minimum Gasteiger partial charge on any atom is -0.496 e. The van der Waals surface area contributed by atoms with Crippen molar-refractivity contribution in [2.75, 3.05) is 27.1 Å². The van der Waals surface area contributed by atoms with E-state index in [2.05, 4.69) is 4.72 Å². The molecule has 0 saturated carbocycles. The van der Waals surface area contributed by atoms with Crippen LogP contribution in [0.15, 0.2) is 53.4 Å². The van der Waals surface area contributed by atoms with Crippen LogP contribution >= 0.6 is 12.4 Å². The largest absolute Gasteiger partial charge is 0.496 e. The molecule has 0 atom stereocenters. The Hall–Kier alpha value is -2.68. The third kappa shape index (κ3) is 4.50. The number of fused-ring (bicyclic) bond motifs is 1. The number of rotatable bonds is 7. The van der Waals surface area contributed by atoms with Gasteiger partial charge in [-0.3, -0.25) is 0 Å². The average molecular weight is 439 g/mol. The molecule has 0 aliphatic rings. The summed E-state index contributed by atoms with van der Waals surface area (Å²) in [4.78, 5) is 0.156. The van der Waals surface area contributed by atoms with Gasteiger partial charge in [0.15, 0.2) is 0 Å². The van der Waals surface area contributed by atoms with E-state index in [-0.39, 0.29) is 23.8 Å². The highest BCUT2D eigenvalue weighted by Crippen LogP contribution is 2.34. The Morgan fingerprint density at radius 3 is 2.07 bits per heavy atom. The second-order valence-electron chi connectivity index (χ2n) is 6.03. The topological polar surface area (TPSA) is 99.9 Å². The summed E-state index contributed by atoms with van der Waals surface area (Å²) in [5.74, 6) is 1.46. The van der Waals surface area contributed by atoms with Crippen LogP contribution in [0.25, 0.3) is 10.8 Å². The van der Waals surface area contributed by atoms with Gasteiger partial charge in [0.25, 0.3) is 0 Å². The van der Waals surface area contributed by atoms with Gasteiger partial charge in [0, 0.05) is 35.1 Å². The minimum atomic E-state index is -3.82. The molecule has 0 heterocycles. The fourth-order valence-electron chi connectivity index (χ4n) is 3.04. The van der Waals surface area contributed by atoms with Crippen LogP contribution in [0, 0.1) is 0 Å². The molecule has 0 bridgehead atoms. The summed E-state index contributed by atoms with van der Waals surface area (Å²) in [5, 5.41) is 1.24. The summed E-state index contributed by atoms with van der Waals surface area (Å²) in [5.41, 5.74) is 7.06. The van der Waals surface area contributed by atoms with Crippen molar-refractivity contribution in [2.24, 2.45) is 0 Å². The monoisotopic (exact) mass is 438 g/mol. The summed E-state index contributed by atoms with van der Waals surface area (Å²) in [6.07, 6.45) is 0. The third-order valence-corrected chi connectivity index (χ3v) is 5.92. The number of ether oxygens (including phenoxy) is 3. The van der Waals surface area contributed by atoms with E-state index >= 15 is 0 Å². The molecule has 9 heteroatoms. The molecule has 0 radical (unpaired) electrons. The molecule has 3 rings (SSSR count). The molecule has 0 aliphatic heterocycles. The van der Waals surface area contributed by atoms with Crippen LogP contribution in [0.4, 0.5) is 5.69 Å². The molecular formula is C20H23ClN2O5S. The fourth-order valence-corrected chi connectivity index (χ4v) is 4.25. The second kappa shape index (κ2) is 9.21. The number of sulfonamides is 1. The van der Waals surface area contributed by atoms with Crippen LogP contribution in [0.2, 0.25) is 0 Å². The van der Waals surface area contributed by atoms with Crippen molar-refractivity contribution < 1.29 is 22.6 Å². The maximum atomic E-state index is 13.0. The molecule has 0 aliphatic carbocycles. The molecule has 0 fully saturated rings. The first-order chi connectivity index (χ1) is 13.4. The van der Waals surface area contributed by atoms with E-state index in [1.807, 2.05) is 0 Å². The number of anilines is 1. The zero-order chi connectivity index (χ0) is 20.3. The third-order valence-electron chi connectivity index (χ3n) is 4.46. The lowest BCUT2D eigenvalue weighted by atomic mass is 10.1. The van der Waals surface area contributed by atoms with E-state index in [1.165, 1.54) is 21.3 Å². The Morgan fingerprint density at radius 2 is 1.48 bits per heavy atom. The van der Waals surface area contributed by atoms with Crippen LogP contribution in [-0.2, 0) is 16.6 Å². The maximum absolute atomic E-state index is 13.0. The minimum absolute atomic E-state index is 0. The van der Waals surface area contributed by atoms with Gasteiger partial charge < -0.3 is 19.9 Å². The molecule has 0 unspecified atom stereocenters. The van der Waals surface area contributed by atoms with Crippen molar-refractivity contribution in [3.05, 3.63) is 54.1 Å². The van der Waals surface area contributed by atoms with E-state index in [0.717, 1.165) is 0 Å². The normalized spacial score (nSPS) is 11.0. The second-order valence-corrected chi connectivity index (χ2v) is 7.77. The first-order valence-corrected chi connectivity index (χ1v) is 9.95. The molecule has 156 valence electrons. The number of nitrogens with one attached hydrogen (secondary N) is 1. The quantitative estimate of drug-likeness (QED) is 0.549. The summed E-state index contributed by atoms with van der Waals surface area (Å²) in [6.45, 7) is -0.0165. The van der Waals surface area contributed by atoms with Crippen molar-refractivity contribution in [1.29, 1.82) is 0 Å².